The van der Waals surface area contributed by atoms with Crippen LogP contribution in [0.15, 0.2) is 39.4 Å². The van der Waals surface area contributed by atoms with Gasteiger partial charge < -0.3 is 24.5 Å². The van der Waals surface area contributed by atoms with Crippen LogP contribution in [0.2, 0.25) is 0 Å². The highest BCUT2D eigenvalue weighted by molar-refractivity contribution is 9.10. The molecule has 0 radical (unpaired) electrons. The summed E-state index contributed by atoms with van der Waals surface area (Å²) in [5, 5.41) is 5.53. The van der Waals surface area contributed by atoms with Crippen molar-refractivity contribution in [3.63, 3.8) is 0 Å². The van der Waals surface area contributed by atoms with Crippen LogP contribution >= 0.6 is 15.9 Å². The van der Waals surface area contributed by atoms with Gasteiger partial charge in [0, 0.05) is 16.6 Å². The predicted molar refractivity (Wildman–Crippen MR) is 98.6 cm³/mol. The van der Waals surface area contributed by atoms with Gasteiger partial charge >= 0.3 is 0 Å². The molecule has 0 fully saturated rings. The van der Waals surface area contributed by atoms with Crippen LogP contribution in [0.25, 0.3) is 0 Å². The van der Waals surface area contributed by atoms with Gasteiger partial charge in [0.25, 0.3) is 5.91 Å². The first-order valence-corrected chi connectivity index (χ1v) is 8.99. The standard InChI is InChI=1S/C18H19BrN2O5/c1-10(2)16(21-17(22)13-4-3-5-24-13)18(23)20-12-9-15-14(8-11(12)19)25-6-7-26-15/h3-5,8-10,16H,6-7H2,1-2H3,(H,20,23)(H,21,22). The number of carbonyl (C=O) groups excluding carboxylic acids is 2. The van der Waals surface area contributed by atoms with Crippen molar-refractivity contribution in [1.29, 1.82) is 0 Å². The van der Waals surface area contributed by atoms with E-state index >= 15 is 0 Å². The van der Waals surface area contributed by atoms with Gasteiger partial charge in [0.15, 0.2) is 17.3 Å². The lowest BCUT2D eigenvalue weighted by Crippen LogP contribution is -2.47. The van der Waals surface area contributed by atoms with E-state index in [1.54, 1.807) is 24.3 Å². The lowest BCUT2D eigenvalue weighted by Gasteiger charge is -2.23. The Morgan fingerprint density at radius 3 is 2.46 bits per heavy atom. The van der Waals surface area contributed by atoms with Crippen molar-refractivity contribution in [2.75, 3.05) is 18.5 Å². The SMILES string of the molecule is CC(C)C(NC(=O)c1ccco1)C(=O)Nc1cc2c(cc1Br)OCCO2. The van der Waals surface area contributed by atoms with E-state index in [2.05, 4.69) is 26.6 Å². The molecule has 2 aromatic rings. The molecule has 138 valence electrons. The third kappa shape index (κ3) is 4.01. The minimum absolute atomic E-state index is 0.120. The summed E-state index contributed by atoms with van der Waals surface area (Å²) in [4.78, 5) is 24.9. The average Bonchev–Trinajstić information content (AvgIpc) is 3.14. The van der Waals surface area contributed by atoms with Crippen LogP contribution in [0, 0.1) is 5.92 Å². The maximum atomic E-state index is 12.7. The van der Waals surface area contributed by atoms with E-state index in [-0.39, 0.29) is 17.6 Å². The maximum Gasteiger partial charge on any atom is 0.287 e. The third-order valence-electron chi connectivity index (χ3n) is 3.87. The lowest BCUT2D eigenvalue weighted by atomic mass is 10.0. The summed E-state index contributed by atoms with van der Waals surface area (Å²) in [7, 11) is 0. The number of rotatable bonds is 5. The Morgan fingerprint density at radius 2 is 1.85 bits per heavy atom. The van der Waals surface area contributed by atoms with E-state index in [1.807, 2.05) is 13.8 Å². The molecule has 1 aromatic carbocycles. The number of amides is 2. The van der Waals surface area contributed by atoms with Crippen LogP contribution in [0.3, 0.4) is 0 Å². The highest BCUT2D eigenvalue weighted by Crippen LogP contribution is 2.38. The summed E-state index contributed by atoms with van der Waals surface area (Å²) in [6.45, 7) is 4.65. The summed E-state index contributed by atoms with van der Waals surface area (Å²) in [6, 6.07) is 5.87. The third-order valence-corrected chi connectivity index (χ3v) is 4.53. The molecule has 0 saturated heterocycles. The van der Waals surface area contributed by atoms with E-state index in [1.165, 1.54) is 6.26 Å². The Morgan fingerprint density at radius 1 is 1.15 bits per heavy atom. The zero-order valence-electron chi connectivity index (χ0n) is 14.4. The highest BCUT2D eigenvalue weighted by Gasteiger charge is 2.26. The molecule has 0 aliphatic carbocycles. The molecule has 2 heterocycles. The van der Waals surface area contributed by atoms with Gasteiger partial charge in [-0.1, -0.05) is 13.8 Å². The summed E-state index contributed by atoms with van der Waals surface area (Å²) >= 11 is 3.42. The van der Waals surface area contributed by atoms with Crippen LogP contribution in [0.1, 0.15) is 24.4 Å². The number of nitrogens with one attached hydrogen (secondary N) is 2. The van der Waals surface area contributed by atoms with Gasteiger partial charge in [-0.25, -0.2) is 0 Å². The molecule has 1 aliphatic heterocycles. The van der Waals surface area contributed by atoms with Crippen LogP contribution < -0.4 is 20.1 Å². The van der Waals surface area contributed by atoms with E-state index in [0.29, 0.717) is 34.9 Å². The van der Waals surface area contributed by atoms with Crippen molar-refractivity contribution in [1.82, 2.24) is 5.32 Å². The number of hydrogen-bond donors (Lipinski definition) is 2. The van der Waals surface area contributed by atoms with Gasteiger partial charge in [0.2, 0.25) is 5.91 Å². The normalized spacial score (nSPS) is 14.0. The van der Waals surface area contributed by atoms with Gasteiger partial charge in [-0.2, -0.15) is 0 Å². The zero-order valence-corrected chi connectivity index (χ0v) is 16.0. The second-order valence-corrected chi connectivity index (χ2v) is 6.99. The Kier molecular flexibility index (Phi) is 5.51. The number of carbonyl (C=O) groups is 2. The fraction of sp³-hybridized carbons (Fsp3) is 0.333. The van der Waals surface area contributed by atoms with Crippen LogP contribution in [0.5, 0.6) is 11.5 Å². The minimum Gasteiger partial charge on any atom is -0.486 e. The number of benzene rings is 1. The first-order chi connectivity index (χ1) is 12.5. The molecule has 0 saturated carbocycles. The van der Waals surface area contributed by atoms with Gasteiger partial charge in [0.05, 0.1) is 12.0 Å². The number of anilines is 1. The molecule has 1 atom stereocenters. The lowest BCUT2D eigenvalue weighted by molar-refractivity contribution is -0.118. The second kappa shape index (κ2) is 7.82. The molecule has 1 unspecified atom stereocenters. The Balaban J connectivity index is 1.75. The number of ether oxygens (including phenoxy) is 2. The average molecular weight is 423 g/mol. The highest BCUT2D eigenvalue weighted by atomic mass is 79.9. The largest absolute Gasteiger partial charge is 0.486 e. The summed E-state index contributed by atoms with van der Waals surface area (Å²) in [5.74, 6) is 0.444. The van der Waals surface area contributed by atoms with Gasteiger partial charge in [-0.05, 0) is 34.0 Å². The topological polar surface area (TPSA) is 89.8 Å². The summed E-state index contributed by atoms with van der Waals surface area (Å²) in [5.41, 5.74) is 0.539. The zero-order chi connectivity index (χ0) is 18.7. The van der Waals surface area contributed by atoms with Crippen molar-refractivity contribution < 1.29 is 23.5 Å². The molecule has 8 heteroatoms. The van der Waals surface area contributed by atoms with E-state index in [4.69, 9.17) is 13.9 Å². The van der Waals surface area contributed by atoms with Crippen LogP contribution in [0.4, 0.5) is 5.69 Å². The maximum absolute atomic E-state index is 12.7. The van der Waals surface area contributed by atoms with Crippen molar-refractivity contribution in [2.45, 2.75) is 19.9 Å². The van der Waals surface area contributed by atoms with Crippen LogP contribution in [-0.4, -0.2) is 31.1 Å². The molecule has 1 aliphatic rings. The molecule has 7 nitrogen and oxygen atoms in total. The quantitative estimate of drug-likeness (QED) is 0.771. The van der Waals surface area contributed by atoms with Crippen molar-refractivity contribution >= 4 is 33.4 Å². The minimum atomic E-state index is -0.729. The molecular weight excluding hydrogens is 404 g/mol. The monoisotopic (exact) mass is 422 g/mol. The number of hydrogen-bond acceptors (Lipinski definition) is 5. The molecular formula is C18H19BrN2O5. The molecule has 0 spiro atoms. The van der Waals surface area contributed by atoms with Gasteiger partial charge in [-0.15, -0.1) is 0 Å². The summed E-state index contributed by atoms with van der Waals surface area (Å²) < 4.78 is 16.8. The fourth-order valence-corrected chi connectivity index (χ4v) is 2.95. The fourth-order valence-electron chi connectivity index (χ4n) is 2.53. The van der Waals surface area contributed by atoms with E-state index < -0.39 is 11.9 Å². The Hall–Kier alpha value is -2.48. The Labute approximate surface area is 159 Å². The second-order valence-electron chi connectivity index (χ2n) is 6.14. The number of furan rings is 1. The van der Waals surface area contributed by atoms with E-state index in [9.17, 15) is 9.59 Å². The van der Waals surface area contributed by atoms with Crippen molar-refractivity contribution in [3.05, 3.63) is 40.8 Å². The van der Waals surface area contributed by atoms with Gasteiger partial charge in [0.1, 0.15) is 19.3 Å². The number of fused-ring (bicyclic) bond motifs is 1. The number of halogens is 1. The first-order valence-electron chi connectivity index (χ1n) is 8.20. The molecule has 0 bridgehead atoms. The van der Waals surface area contributed by atoms with Crippen molar-refractivity contribution in [3.8, 4) is 11.5 Å². The van der Waals surface area contributed by atoms with Gasteiger partial charge in [-0.3, -0.25) is 9.59 Å². The predicted octanol–water partition coefficient (Wildman–Crippen LogP) is 3.21. The van der Waals surface area contributed by atoms with Crippen LogP contribution in [-0.2, 0) is 4.79 Å². The molecule has 3 rings (SSSR count). The first kappa shape index (κ1) is 18.3. The summed E-state index contributed by atoms with van der Waals surface area (Å²) in [6.07, 6.45) is 1.41. The molecule has 26 heavy (non-hydrogen) atoms. The Bertz CT molecular complexity index is 804. The molecule has 2 amide bonds. The van der Waals surface area contributed by atoms with E-state index in [0.717, 1.165) is 0 Å². The van der Waals surface area contributed by atoms with Crippen molar-refractivity contribution in [2.24, 2.45) is 5.92 Å². The smallest absolute Gasteiger partial charge is 0.287 e. The molecule has 2 N–H and O–H groups in total. The molecule has 1 aromatic heterocycles.